The molecule has 0 fully saturated rings. The monoisotopic (exact) mass is 280 g/mol. The first-order chi connectivity index (χ1) is 9.04. The Kier molecular flexibility index (Phi) is 4.17. The Balaban J connectivity index is 2.45. The van der Waals surface area contributed by atoms with Crippen LogP contribution in [0.4, 0.5) is 0 Å². The van der Waals surface area contributed by atoms with Crippen molar-refractivity contribution in [1.82, 2.24) is 20.6 Å². The first-order valence-electron chi connectivity index (χ1n) is 6.31. The van der Waals surface area contributed by atoms with Crippen LogP contribution in [-0.2, 0) is 5.60 Å². The maximum absolute atomic E-state index is 10.7. The number of hydrogen-bond donors (Lipinski definition) is 2. The van der Waals surface area contributed by atoms with E-state index in [1.807, 2.05) is 6.07 Å². The zero-order chi connectivity index (χ0) is 13.9. The summed E-state index contributed by atoms with van der Waals surface area (Å²) < 4.78 is 0. The van der Waals surface area contributed by atoms with Crippen LogP contribution >= 0.6 is 11.6 Å². The molecule has 1 atom stereocenters. The van der Waals surface area contributed by atoms with Crippen LogP contribution in [0.1, 0.15) is 38.7 Å². The molecule has 5 nitrogen and oxygen atoms in total. The number of tetrazole rings is 1. The van der Waals surface area contributed by atoms with Crippen LogP contribution in [0.3, 0.4) is 0 Å². The minimum atomic E-state index is -0.934. The van der Waals surface area contributed by atoms with Gasteiger partial charge in [0.2, 0.25) is 5.82 Å². The summed E-state index contributed by atoms with van der Waals surface area (Å²) in [6.07, 6.45) is 2.65. The number of hydrogen-bond acceptors (Lipinski definition) is 4. The van der Waals surface area contributed by atoms with Crippen LogP contribution in [0, 0.1) is 0 Å². The quantitative estimate of drug-likeness (QED) is 0.883. The van der Waals surface area contributed by atoms with Crippen molar-refractivity contribution in [2.45, 2.75) is 38.7 Å². The van der Waals surface area contributed by atoms with Gasteiger partial charge in [-0.1, -0.05) is 37.4 Å². The van der Waals surface area contributed by atoms with E-state index in [1.165, 1.54) is 0 Å². The van der Waals surface area contributed by atoms with Crippen LogP contribution in [-0.4, -0.2) is 25.7 Å². The van der Waals surface area contributed by atoms with Gasteiger partial charge in [0.1, 0.15) is 0 Å². The molecule has 0 aliphatic carbocycles. The summed E-state index contributed by atoms with van der Waals surface area (Å²) in [6, 6.07) is 5.34. The lowest BCUT2D eigenvalue weighted by atomic mass is 9.87. The zero-order valence-corrected chi connectivity index (χ0v) is 11.8. The van der Waals surface area contributed by atoms with Crippen molar-refractivity contribution in [2.24, 2.45) is 0 Å². The standard InChI is InChI=1S/C13H17ClN4O/c1-3-4-7-13(2,19)11-6-5-9(14)8-10(11)12-15-17-18-16-12/h5-6,8,19H,3-4,7H2,1-2H3,(H,15,16,17,18). The van der Waals surface area contributed by atoms with Crippen LogP contribution in [0.15, 0.2) is 18.2 Å². The van der Waals surface area contributed by atoms with Crippen molar-refractivity contribution in [2.75, 3.05) is 0 Å². The van der Waals surface area contributed by atoms with Gasteiger partial charge in [-0.15, -0.1) is 10.2 Å². The minimum Gasteiger partial charge on any atom is -0.385 e. The molecule has 0 radical (unpaired) electrons. The number of nitrogens with zero attached hydrogens (tertiary/aromatic N) is 3. The van der Waals surface area contributed by atoms with Gasteiger partial charge < -0.3 is 5.11 Å². The maximum Gasteiger partial charge on any atom is 0.205 e. The van der Waals surface area contributed by atoms with E-state index in [1.54, 1.807) is 19.1 Å². The van der Waals surface area contributed by atoms with E-state index in [0.717, 1.165) is 18.4 Å². The molecule has 2 N–H and O–H groups in total. The molecule has 102 valence electrons. The Hall–Kier alpha value is -1.46. The third-order valence-corrected chi connectivity index (χ3v) is 3.40. The molecular weight excluding hydrogens is 264 g/mol. The predicted octanol–water partition coefficient (Wildman–Crippen LogP) is 2.92. The summed E-state index contributed by atoms with van der Waals surface area (Å²) in [4.78, 5) is 0. The van der Waals surface area contributed by atoms with E-state index < -0.39 is 5.60 Å². The fourth-order valence-corrected chi connectivity index (χ4v) is 2.27. The predicted molar refractivity (Wildman–Crippen MR) is 73.7 cm³/mol. The van der Waals surface area contributed by atoms with E-state index >= 15 is 0 Å². The zero-order valence-electron chi connectivity index (χ0n) is 11.0. The molecule has 0 bridgehead atoms. The molecule has 0 aliphatic heterocycles. The summed E-state index contributed by atoms with van der Waals surface area (Å²) in [5.74, 6) is 0.439. The molecule has 0 aliphatic rings. The van der Waals surface area contributed by atoms with Crippen molar-refractivity contribution >= 4 is 11.6 Å². The van der Waals surface area contributed by atoms with Gasteiger partial charge in [-0.3, -0.25) is 0 Å². The molecule has 2 aromatic rings. The molecule has 0 spiro atoms. The lowest BCUT2D eigenvalue weighted by Gasteiger charge is -2.25. The van der Waals surface area contributed by atoms with E-state index in [2.05, 4.69) is 27.5 Å². The second-order valence-electron chi connectivity index (χ2n) is 4.80. The summed E-state index contributed by atoms with van der Waals surface area (Å²) in [7, 11) is 0. The van der Waals surface area contributed by atoms with E-state index in [0.29, 0.717) is 22.8 Å². The number of aromatic amines is 1. The molecule has 0 amide bonds. The third-order valence-electron chi connectivity index (χ3n) is 3.17. The van der Waals surface area contributed by atoms with E-state index in [9.17, 15) is 5.11 Å². The smallest absolute Gasteiger partial charge is 0.205 e. The van der Waals surface area contributed by atoms with E-state index in [-0.39, 0.29) is 0 Å². The molecule has 2 rings (SSSR count). The van der Waals surface area contributed by atoms with Crippen LogP contribution in [0.5, 0.6) is 0 Å². The Morgan fingerprint density at radius 1 is 1.42 bits per heavy atom. The highest BCUT2D eigenvalue weighted by molar-refractivity contribution is 6.30. The molecule has 1 aromatic carbocycles. The van der Waals surface area contributed by atoms with Gasteiger partial charge in [0, 0.05) is 10.6 Å². The third kappa shape index (κ3) is 3.11. The SMILES string of the molecule is CCCCC(C)(O)c1ccc(Cl)cc1-c1nn[nH]n1. The number of aliphatic hydroxyl groups is 1. The summed E-state index contributed by atoms with van der Waals surface area (Å²) in [6.45, 7) is 3.90. The Labute approximate surface area is 117 Å². The second-order valence-corrected chi connectivity index (χ2v) is 5.24. The van der Waals surface area contributed by atoms with Crippen molar-refractivity contribution in [3.63, 3.8) is 0 Å². The fourth-order valence-electron chi connectivity index (χ4n) is 2.10. The molecule has 19 heavy (non-hydrogen) atoms. The van der Waals surface area contributed by atoms with Crippen molar-refractivity contribution in [3.8, 4) is 11.4 Å². The van der Waals surface area contributed by atoms with Crippen molar-refractivity contribution in [3.05, 3.63) is 28.8 Å². The van der Waals surface area contributed by atoms with Crippen LogP contribution < -0.4 is 0 Å². The summed E-state index contributed by atoms with van der Waals surface area (Å²) >= 11 is 6.02. The number of rotatable bonds is 5. The fraction of sp³-hybridized carbons (Fsp3) is 0.462. The van der Waals surface area contributed by atoms with Gasteiger partial charge >= 0.3 is 0 Å². The van der Waals surface area contributed by atoms with Gasteiger partial charge in [0.25, 0.3) is 0 Å². The van der Waals surface area contributed by atoms with Crippen LogP contribution in [0.25, 0.3) is 11.4 Å². The highest BCUT2D eigenvalue weighted by atomic mass is 35.5. The Bertz CT molecular complexity index is 540. The van der Waals surface area contributed by atoms with Crippen LogP contribution in [0.2, 0.25) is 5.02 Å². The lowest BCUT2D eigenvalue weighted by Crippen LogP contribution is -2.22. The van der Waals surface area contributed by atoms with Gasteiger partial charge in [-0.25, -0.2) is 0 Å². The first kappa shape index (κ1) is 14.0. The molecule has 1 aromatic heterocycles. The number of halogens is 1. The second kappa shape index (κ2) is 5.67. The Morgan fingerprint density at radius 3 is 2.84 bits per heavy atom. The molecule has 0 saturated carbocycles. The summed E-state index contributed by atoms with van der Waals surface area (Å²) in [5.41, 5.74) is 0.547. The average molecular weight is 281 g/mol. The minimum absolute atomic E-state index is 0.439. The Morgan fingerprint density at radius 2 is 2.21 bits per heavy atom. The van der Waals surface area contributed by atoms with Crippen molar-refractivity contribution in [1.29, 1.82) is 0 Å². The van der Waals surface area contributed by atoms with Gasteiger partial charge in [-0.2, -0.15) is 5.21 Å². The largest absolute Gasteiger partial charge is 0.385 e. The van der Waals surface area contributed by atoms with Gasteiger partial charge in [0.15, 0.2) is 0 Å². The first-order valence-corrected chi connectivity index (χ1v) is 6.68. The topological polar surface area (TPSA) is 74.7 Å². The number of benzene rings is 1. The average Bonchev–Trinajstić information content (AvgIpc) is 2.90. The lowest BCUT2D eigenvalue weighted by molar-refractivity contribution is 0.0459. The molecule has 0 saturated heterocycles. The molecule has 6 heteroatoms. The highest BCUT2D eigenvalue weighted by Gasteiger charge is 2.27. The number of nitrogens with one attached hydrogen (secondary N) is 1. The highest BCUT2D eigenvalue weighted by Crippen LogP contribution is 2.35. The normalized spacial score (nSPS) is 14.3. The van der Waals surface area contributed by atoms with E-state index in [4.69, 9.17) is 11.6 Å². The molecule has 1 unspecified atom stereocenters. The van der Waals surface area contributed by atoms with Gasteiger partial charge in [-0.05, 0) is 36.3 Å². The summed E-state index contributed by atoms with van der Waals surface area (Å²) in [5, 5.41) is 25.1. The molecule has 1 heterocycles. The number of aromatic nitrogens is 4. The maximum atomic E-state index is 10.7. The molecular formula is C13H17ClN4O. The number of H-pyrrole nitrogens is 1. The number of unbranched alkanes of at least 4 members (excludes halogenated alkanes) is 1. The van der Waals surface area contributed by atoms with Gasteiger partial charge in [0.05, 0.1) is 5.60 Å². The van der Waals surface area contributed by atoms with Crippen molar-refractivity contribution < 1.29 is 5.11 Å².